The van der Waals surface area contributed by atoms with E-state index < -0.39 is 5.76 Å². The van der Waals surface area contributed by atoms with E-state index in [0.717, 1.165) is 5.69 Å². The first-order chi connectivity index (χ1) is 11.9. The fourth-order valence-electron chi connectivity index (χ4n) is 2.53. The van der Waals surface area contributed by atoms with Crippen LogP contribution in [0.2, 0.25) is 5.02 Å². The van der Waals surface area contributed by atoms with Crippen molar-refractivity contribution in [1.29, 1.82) is 0 Å². The van der Waals surface area contributed by atoms with Gasteiger partial charge in [-0.2, -0.15) is 0 Å². The summed E-state index contributed by atoms with van der Waals surface area (Å²) in [5.74, 6) is -0.673. The second-order valence-corrected chi connectivity index (χ2v) is 6.31. The average Bonchev–Trinajstić information content (AvgIpc) is 2.87. The average molecular weight is 360 g/mol. The van der Waals surface area contributed by atoms with Gasteiger partial charge in [-0.05, 0) is 36.4 Å². The summed E-state index contributed by atoms with van der Waals surface area (Å²) in [6, 6.07) is 12.5. The van der Waals surface area contributed by atoms with E-state index in [4.69, 9.17) is 16.0 Å². The second kappa shape index (κ2) is 7.03. The summed E-state index contributed by atoms with van der Waals surface area (Å²) in [5, 5.41) is 3.32. The Morgan fingerprint density at radius 3 is 2.60 bits per heavy atom. The molecule has 7 heteroatoms. The predicted molar refractivity (Wildman–Crippen MR) is 99.5 cm³/mol. The molecule has 0 saturated heterocycles. The van der Waals surface area contributed by atoms with E-state index in [1.165, 1.54) is 4.57 Å². The van der Waals surface area contributed by atoms with Gasteiger partial charge in [-0.1, -0.05) is 11.6 Å². The topological polar surface area (TPSA) is 67.5 Å². The first kappa shape index (κ1) is 17.1. The van der Waals surface area contributed by atoms with Crippen molar-refractivity contribution in [2.75, 3.05) is 24.3 Å². The number of rotatable bonds is 5. The van der Waals surface area contributed by atoms with E-state index in [1.807, 2.05) is 43.3 Å². The zero-order chi connectivity index (χ0) is 18.0. The summed E-state index contributed by atoms with van der Waals surface area (Å²) >= 11 is 5.89. The highest BCUT2D eigenvalue weighted by molar-refractivity contribution is 6.31. The van der Waals surface area contributed by atoms with Crippen molar-refractivity contribution in [3.63, 3.8) is 0 Å². The molecule has 1 N–H and O–H groups in total. The fraction of sp³-hybridized carbons (Fsp3) is 0.222. The number of oxazole rings is 1. The number of hydrogen-bond acceptors (Lipinski definition) is 4. The Labute approximate surface area is 149 Å². The van der Waals surface area contributed by atoms with Crippen LogP contribution in [-0.4, -0.2) is 24.6 Å². The lowest BCUT2D eigenvalue weighted by Gasteiger charge is -2.13. The lowest BCUT2D eigenvalue weighted by atomic mass is 10.2. The maximum Gasteiger partial charge on any atom is 0.419 e. The van der Waals surface area contributed by atoms with E-state index in [-0.39, 0.29) is 18.9 Å². The Bertz CT molecular complexity index is 958. The first-order valence-corrected chi connectivity index (χ1v) is 8.18. The Balaban J connectivity index is 1.66. The zero-order valence-corrected chi connectivity index (χ0v) is 14.7. The zero-order valence-electron chi connectivity index (χ0n) is 14.0. The molecule has 0 spiro atoms. The van der Waals surface area contributed by atoms with Gasteiger partial charge in [0.15, 0.2) is 5.58 Å². The van der Waals surface area contributed by atoms with E-state index in [2.05, 4.69) is 5.32 Å². The molecule has 6 nitrogen and oxygen atoms in total. The minimum Gasteiger partial charge on any atom is -0.408 e. The molecule has 1 aromatic heterocycles. The molecule has 0 atom stereocenters. The quantitative estimate of drug-likeness (QED) is 0.758. The first-order valence-electron chi connectivity index (χ1n) is 7.80. The molecule has 3 rings (SSSR count). The van der Waals surface area contributed by atoms with Crippen LogP contribution in [0, 0.1) is 0 Å². The summed E-state index contributed by atoms with van der Waals surface area (Å²) < 4.78 is 6.58. The number of anilines is 2. The number of fused-ring (bicyclic) bond motifs is 1. The molecule has 0 radical (unpaired) electrons. The van der Waals surface area contributed by atoms with Gasteiger partial charge in [0.25, 0.3) is 0 Å². The Morgan fingerprint density at radius 2 is 1.92 bits per heavy atom. The lowest BCUT2D eigenvalue weighted by Crippen LogP contribution is -2.19. The summed E-state index contributed by atoms with van der Waals surface area (Å²) in [7, 11) is 3.90. The number of aromatic nitrogens is 1. The molecule has 0 aliphatic heterocycles. The number of amides is 1. The van der Waals surface area contributed by atoms with Gasteiger partial charge < -0.3 is 14.6 Å². The van der Waals surface area contributed by atoms with Crippen molar-refractivity contribution in [3.8, 4) is 0 Å². The molecule has 1 heterocycles. The van der Waals surface area contributed by atoms with E-state index in [0.29, 0.717) is 21.8 Å². The second-order valence-electron chi connectivity index (χ2n) is 5.87. The number of hydrogen-bond donors (Lipinski definition) is 1. The number of halogens is 1. The summed E-state index contributed by atoms with van der Waals surface area (Å²) in [6.45, 7) is 0.231. The van der Waals surface area contributed by atoms with Crippen LogP contribution in [-0.2, 0) is 11.3 Å². The minimum absolute atomic E-state index is 0.159. The third-order valence-corrected chi connectivity index (χ3v) is 4.10. The predicted octanol–water partition coefficient (Wildman–Crippen LogP) is 3.34. The van der Waals surface area contributed by atoms with Crippen LogP contribution in [0.1, 0.15) is 6.42 Å². The monoisotopic (exact) mass is 359 g/mol. The van der Waals surface area contributed by atoms with Gasteiger partial charge in [-0.25, -0.2) is 4.79 Å². The van der Waals surface area contributed by atoms with Crippen molar-refractivity contribution < 1.29 is 9.21 Å². The highest BCUT2D eigenvalue weighted by Crippen LogP contribution is 2.19. The number of carbonyl (C=O) groups excluding carboxylic acids is 1. The van der Waals surface area contributed by atoms with Gasteiger partial charge in [0.1, 0.15) is 0 Å². The highest BCUT2D eigenvalue weighted by Gasteiger charge is 2.11. The van der Waals surface area contributed by atoms with E-state index in [9.17, 15) is 9.59 Å². The standard InChI is InChI=1S/C18H18ClN3O3/c1-21(2)14-6-4-13(5-7-14)20-17(23)9-10-22-15-8-3-12(19)11-16(15)25-18(22)24/h3-8,11H,9-10H2,1-2H3,(H,20,23). The lowest BCUT2D eigenvalue weighted by molar-refractivity contribution is -0.116. The summed E-state index contributed by atoms with van der Waals surface area (Å²) in [5.41, 5.74) is 2.80. The van der Waals surface area contributed by atoms with Crippen molar-refractivity contribution in [2.45, 2.75) is 13.0 Å². The largest absolute Gasteiger partial charge is 0.419 e. The van der Waals surface area contributed by atoms with Crippen LogP contribution in [0.5, 0.6) is 0 Å². The molecule has 0 aliphatic rings. The van der Waals surface area contributed by atoms with Gasteiger partial charge in [-0.15, -0.1) is 0 Å². The summed E-state index contributed by atoms with van der Waals surface area (Å²) in [4.78, 5) is 26.1. The molecule has 0 fully saturated rings. The number of nitrogens with one attached hydrogen (secondary N) is 1. The molecule has 1 amide bonds. The van der Waals surface area contributed by atoms with Crippen molar-refractivity contribution in [1.82, 2.24) is 4.57 Å². The maximum absolute atomic E-state index is 12.1. The van der Waals surface area contributed by atoms with Crippen LogP contribution < -0.4 is 16.0 Å². The third-order valence-electron chi connectivity index (χ3n) is 3.86. The molecule has 2 aromatic carbocycles. The molecule has 130 valence electrons. The number of aryl methyl sites for hydroxylation is 1. The van der Waals surface area contributed by atoms with Crippen LogP contribution in [0.4, 0.5) is 11.4 Å². The number of benzene rings is 2. The van der Waals surface area contributed by atoms with Gasteiger partial charge in [-0.3, -0.25) is 9.36 Å². The smallest absolute Gasteiger partial charge is 0.408 e. The normalized spacial score (nSPS) is 10.8. The van der Waals surface area contributed by atoms with Gasteiger partial charge in [0.05, 0.1) is 5.52 Å². The van der Waals surface area contributed by atoms with E-state index in [1.54, 1.807) is 18.2 Å². The van der Waals surface area contributed by atoms with Crippen LogP contribution >= 0.6 is 11.6 Å². The Kier molecular flexibility index (Phi) is 4.81. The number of nitrogens with zero attached hydrogens (tertiary/aromatic N) is 2. The van der Waals surface area contributed by atoms with Crippen molar-refractivity contribution in [3.05, 3.63) is 58.0 Å². The molecule has 0 unspecified atom stereocenters. The van der Waals surface area contributed by atoms with Gasteiger partial charge >= 0.3 is 5.76 Å². The van der Waals surface area contributed by atoms with Gasteiger partial charge in [0.2, 0.25) is 5.91 Å². The molecular formula is C18H18ClN3O3. The summed E-state index contributed by atoms with van der Waals surface area (Å²) in [6.07, 6.45) is 0.159. The van der Waals surface area contributed by atoms with Crippen molar-refractivity contribution in [2.24, 2.45) is 0 Å². The SMILES string of the molecule is CN(C)c1ccc(NC(=O)CCn2c(=O)oc3cc(Cl)ccc32)cc1. The molecule has 3 aromatic rings. The molecule has 0 aliphatic carbocycles. The Morgan fingerprint density at radius 1 is 1.20 bits per heavy atom. The van der Waals surface area contributed by atoms with Gasteiger partial charge in [0, 0.05) is 49.5 Å². The third kappa shape index (κ3) is 3.85. The molecule has 0 bridgehead atoms. The molecule has 25 heavy (non-hydrogen) atoms. The van der Waals surface area contributed by atoms with Crippen LogP contribution in [0.3, 0.4) is 0 Å². The maximum atomic E-state index is 12.1. The number of carbonyl (C=O) groups is 1. The van der Waals surface area contributed by atoms with E-state index >= 15 is 0 Å². The minimum atomic E-state index is -0.500. The fourth-order valence-corrected chi connectivity index (χ4v) is 2.69. The molecule has 0 saturated carbocycles. The highest BCUT2D eigenvalue weighted by atomic mass is 35.5. The molecular weight excluding hydrogens is 342 g/mol. The Hall–Kier alpha value is -2.73. The van der Waals surface area contributed by atoms with Crippen molar-refractivity contribution >= 4 is 40.0 Å². The van der Waals surface area contributed by atoms with Crippen LogP contribution in [0.25, 0.3) is 11.1 Å². The van der Waals surface area contributed by atoms with Crippen LogP contribution in [0.15, 0.2) is 51.7 Å².